The molecule has 1 N–H and O–H groups in total. The Balaban J connectivity index is 2.63. The summed E-state index contributed by atoms with van der Waals surface area (Å²) in [6.07, 6.45) is 3.65. The smallest absolute Gasteiger partial charge is 0.140 e. The average Bonchev–Trinajstić information content (AvgIpc) is 2.46. The van der Waals surface area contributed by atoms with Gasteiger partial charge in [-0.15, -0.1) is 0 Å². The molecule has 2 aromatic rings. The highest BCUT2D eigenvalue weighted by Crippen LogP contribution is 2.17. The van der Waals surface area contributed by atoms with E-state index in [-0.39, 0.29) is 6.61 Å². The van der Waals surface area contributed by atoms with Crippen LogP contribution in [0.2, 0.25) is 0 Å². The van der Waals surface area contributed by atoms with E-state index < -0.39 is 0 Å². The molecule has 0 saturated heterocycles. The second-order valence-electron chi connectivity index (χ2n) is 3.04. The molecular weight excluding hydrogens is 164 g/mol. The third-order valence-corrected chi connectivity index (χ3v) is 2.12. The van der Waals surface area contributed by atoms with Crippen LogP contribution in [-0.4, -0.2) is 21.3 Å². The molecule has 0 aliphatic rings. The van der Waals surface area contributed by atoms with Crippen molar-refractivity contribution in [1.29, 1.82) is 0 Å². The molecule has 13 heavy (non-hydrogen) atoms. The molecule has 0 aliphatic carbocycles. The zero-order valence-corrected chi connectivity index (χ0v) is 7.49. The van der Waals surface area contributed by atoms with E-state index in [0.717, 1.165) is 11.0 Å². The topological polar surface area (TPSA) is 38.0 Å². The zero-order chi connectivity index (χ0) is 9.26. The first-order valence-corrected chi connectivity index (χ1v) is 4.25. The summed E-state index contributed by atoms with van der Waals surface area (Å²) in [5, 5.41) is 9.94. The van der Waals surface area contributed by atoms with Crippen molar-refractivity contribution < 1.29 is 5.11 Å². The van der Waals surface area contributed by atoms with Gasteiger partial charge in [-0.25, -0.2) is 4.98 Å². The third kappa shape index (κ3) is 1.31. The van der Waals surface area contributed by atoms with Crippen molar-refractivity contribution in [3.8, 4) is 0 Å². The van der Waals surface area contributed by atoms with Crippen LogP contribution < -0.4 is 0 Å². The summed E-state index contributed by atoms with van der Waals surface area (Å²) in [6.45, 7) is 2.77. The normalized spacial score (nSPS) is 10.9. The SMILES string of the molecule is Cc1cn(CCO)c2nc[c]cc12. The highest BCUT2D eigenvalue weighted by Gasteiger charge is 2.04. The number of aliphatic hydroxyl groups excluding tert-OH is 1. The number of aromatic nitrogens is 2. The quantitative estimate of drug-likeness (QED) is 0.743. The van der Waals surface area contributed by atoms with E-state index >= 15 is 0 Å². The number of pyridine rings is 1. The maximum Gasteiger partial charge on any atom is 0.140 e. The molecule has 1 radical (unpaired) electrons. The Labute approximate surface area is 76.6 Å². The molecule has 0 bridgehead atoms. The first-order chi connectivity index (χ1) is 6.33. The van der Waals surface area contributed by atoms with Crippen molar-refractivity contribution in [3.05, 3.63) is 30.1 Å². The lowest BCUT2D eigenvalue weighted by atomic mass is 10.2. The third-order valence-electron chi connectivity index (χ3n) is 2.12. The van der Waals surface area contributed by atoms with Crippen LogP contribution in [0.4, 0.5) is 0 Å². The van der Waals surface area contributed by atoms with Crippen molar-refractivity contribution in [2.24, 2.45) is 0 Å². The molecular formula is C10H11N2O. The van der Waals surface area contributed by atoms with E-state index in [0.29, 0.717) is 6.54 Å². The zero-order valence-electron chi connectivity index (χ0n) is 7.49. The number of rotatable bonds is 2. The number of aliphatic hydroxyl groups is 1. The van der Waals surface area contributed by atoms with E-state index in [4.69, 9.17) is 5.11 Å². The Bertz CT molecular complexity index is 420. The highest BCUT2D eigenvalue weighted by molar-refractivity contribution is 5.79. The second-order valence-corrected chi connectivity index (χ2v) is 3.04. The molecule has 67 valence electrons. The summed E-state index contributed by atoms with van der Waals surface area (Å²) in [4.78, 5) is 4.22. The Morgan fingerprint density at radius 1 is 1.62 bits per heavy atom. The standard InChI is InChI=1S/C10H11N2O/c1-8-7-12(5-6-13)10-9(8)3-2-4-11-10/h3-4,7,13H,5-6H2,1H3. The molecule has 2 heterocycles. The molecule has 0 spiro atoms. The van der Waals surface area contributed by atoms with Crippen LogP contribution >= 0.6 is 0 Å². The molecule has 2 aromatic heterocycles. The van der Waals surface area contributed by atoms with Crippen LogP contribution in [-0.2, 0) is 6.54 Å². The molecule has 0 saturated carbocycles. The van der Waals surface area contributed by atoms with Gasteiger partial charge in [-0.3, -0.25) is 0 Å². The Morgan fingerprint density at radius 2 is 2.46 bits per heavy atom. The largest absolute Gasteiger partial charge is 0.395 e. The van der Waals surface area contributed by atoms with E-state index in [9.17, 15) is 0 Å². The first-order valence-electron chi connectivity index (χ1n) is 4.25. The van der Waals surface area contributed by atoms with Gasteiger partial charge in [0.1, 0.15) is 5.65 Å². The minimum atomic E-state index is 0.142. The maximum atomic E-state index is 8.83. The van der Waals surface area contributed by atoms with Crippen LogP contribution in [0.3, 0.4) is 0 Å². The number of hydrogen-bond acceptors (Lipinski definition) is 2. The summed E-state index contributed by atoms with van der Waals surface area (Å²) < 4.78 is 1.96. The molecule has 3 nitrogen and oxygen atoms in total. The van der Waals surface area contributed by atoms with Crippen LogP contribution in [0.25, 0.3) is 11.0 Å². The van der Waals surface area contributed by atoms with E-state index in [1.807, 2.05) is 23.8 Å². The van der Waals surface area contributed by atoms with Crippen molar-refractivity contribution in [2.75, 3.05) is 6.61 Å². The lowest BCUT2D eigenvalue weighted by Crippen LogP contribution is -2.00. The number of aryl methyl sites for hydroxylation is 1. The predicted octanol–water partition coefficient (Wildman–Crippen LogP) is 1.14. The maximum absolute atomic E-state index is 8.83. The molecule has 0 aromatic carbocycles. The molecule has 3 heteroatoms. The van der Waals surface area contributed by atoms with Crippen molar-refractivity contribution in [1.82, 2.24) is 9.55 Å². The predicted molar refractivity (Wildman–Crippen MR) is 50.4 cm³/mol. The monoisotopic (exact) mass is 175 g/mol. The van der Waals surface area contributed by atoms with Crippen molar-refractivity contribution >= 4 is 11.0 Å². The summed E-state index contributed by atoms with van der Waals surface area (Å²) in [5.74, 6) is 0. The van der Waals surface area contributed by atoms with E-state index in [2.05, 4.69) is 11.1 Å². The van der Waals surface area contributed by atoms with Gasteiger partial charge in [-0.2, -0.15) is 0 Å². The molecule has 0 atom stereocenters. The van der Waals surface area contributed by atoms with Gasteiger partial charge in [0.05, 0.1) is 6.61 Å². The summed E-state index contributed by atoms with van der Waals surface area (Å²) in [6, 6.07) is 4.87. The average molecular weight is 175 g/mol. The number of nitrogens with zero attached hydrogens (tertiary/aromatic N) is 2. The molecule has 0 amide bonds. The van der Waals surface area contributed by atoms with Gasteiger partial charge in [-0.1, -0.05) is 0 Å². The van der Waals surface area contributed by atoms with Crippen LogP contribution in [0.15, 0.2) is 18.5 Å². The highest BCUT2D eigenvalue weighted by atomic mass is 16.3. The first kappa shape index (κ1) is 8.26. The van der Waals surface area contributed by atoms with Gasteiger partial charge in [0.25, 0.3) is 0 Å². The molecule has 0 fully saturated rings. The summed E-state index contributed by atoms with van der Waals surface area (Å²) in [5.41, 5.74) is 2.10. The summed E-state index contributed by atoms with van der Waals surface area (Å²) >= 11 is 0. The van der Waals surface area contributed by atoms with Gasteiger partial charge in [0.15, 0.2) is 0 Å². The molecule has 2 rings (SSSR count). The van der Waals surface area contributed by atoms with Crippen LogP contribution in [0.5, 0.6) is 0 Å². The second kappa shape index (κ2) is 3.18. The number of hydrogen-bond donors (Lipinski definition) is 1. The lowest BCUT2D eigenvalue weighted by molar-refractivity contribution is 0.278. The van der Waals surface area contributed by atoms with Crippen molar-refractivity contribution in [3.63, 3.8) is 0 Å². The van der Waals surface area contributed by atoms with Gasteiger partial charge >= 0.3 is 0 Å². The summed E-state index contributed by atoms with van der Waals surface area (Å²) in [7, 11) is 0. The van der Waals surface area contributed by atoms with Crippen molar-refractivity contribution in [2.45, 2.75) is 13.5 Å². The lowest BCUT2D eigenvalue weighted by Gasteiger charge is -1.99. The Morgan fingerprint density at radius 3 is 3.23 bits per heavy atom. The fourth-order valence-electron chi connectivity index (χ4n) is 1.51. The fourth-order valence-corrected chi connectivity index (χ4v) is 1.51. The molecule has 0 aliphatic heterocycles. The van der Waals surface area contributed by atoms with Gasteiger partial charge in [0.2, 0.25) is 0 Å². The fraction of sp³-hybridized carbons (Fsp3) is 0.300. The van der Waals surface area contributed by atoms with Gasteiger partial charge in [-0.05, 0) is 18.6 Å². The van der Waals surface area contributed by atoms with E-state index in [1.165, 1.54) is 5.56 Å². The minimum absolute atomic E-state index is 0.142. The Hall–Kier alpha value is -1.35. The molecule has 0 unspecified atom stereocenters. The number of fused-ring (bicyclic) bond motifs is 1. The van der Waals surface area contributed by atoms with Gasteiger partial charge < -0.3 is 9.67 Å². The van der Waals surface area contributed by atoms with Crippen LogP contribution in [0.1, 0.15) is 5.56 Å². The minimum Gasteiger partial charge on any atom is -0.395 e. The van der Waals surface area contributed by atoms with Crippen LogP contribution in [0, 0.1) is 13.0 Å². The van der Waals surface area contributed by atoms with E-state index in [1.54, 1.807) is 6.20 Å². The Kier molecular flexibility index (Phi) is 2.02. The van der Waals surface area contributed by atoms with Gasteiger partial charge in [0, 0.05) is 30.4 Å².